The molecule has 1 aliphatic heterocycles. The summed E-state index contributed by atoms with van der Waals surface area (Å²) in [5, 5.41) is 4.99. The fraction of sp³-hybridized carbons (Fsp3) is 0.353. The molecule has 1 saturated heterocycles. The number of benzene rings is 1. The maximum absolute atomic E-state index is 12.4. The van der Waals surface area contributed by atoms with Gasteiger partial charge in [-0.25, -0.2) is 4.79 Å². The van der Waals surface area contributed by atoms with Crippen molar-refractivity contribution in [1.82, 2.24) is 4.90 Å². The third-order valence-electron chi connectivity index (χ3n) is 3.79. The van der Waals surface area contributed by atoms with Gasteiger partial charge in [-0.3, -0.25) is 0 Å². The minimum absolute atomic E-state index is 0.0660. The molecule has 2 amide bonds. The molecule has 6 heteroatoms. The molecule has 0 spiro atoms. The molecular weight excluding hydrogens is 312 g/mol. The number of likely N-dealkylation sites (tertiary alicyclic amines) is 1. The van der Waals surface area contributed by atoms with Gasteiger partial charge in [-0.2, -0.15) is 0 Å². The molecule has 0 aliphatic carbocycles. The van der Waals surface area contributed by atoms with Crippen LogP contribution in [0.5, 0.6) is 5.75 Å². The second-order valence-corrected chi connectivity index (χ2v) is 6.29. The molecule has 0 radical (unpaired) electrons. The van der Waals surface area contributed by atoms with Crippen LogP contribution in [-0.2, 0) is 4.74 Å². The summed E-state index contributed by atoms with van der Waals surface area (Å²) in [6.07, 6.45) is 1.02. The minimum atomic E-state index is -0.0660. The monoisotopic (exact) mass is 332 g/mol. The lowest BCUT2D eigenvalue weighted by Crippen LogP contribution is -2.46. The van der Waals surface area contributed by atoms with Gasteiger partial charge >= 0.3 is 6.03 Å². The Kier molecular flexibility index (Phi) is 5.15. The van der Waals surface area contributed by atoms with Crippen LogP contribution in [0.4, 0.5) is 10.5 Å². The van der Waals surface area contributed by atoms with Crippen molar-refractivity contribution < 1.29 is 14.3 Å². The Morgan fingerprint density at radius 1 is 1.35 bits per heavy atom. The van der Waals surface area contributed by atoms with Gasteiger partial charge < -0.3 is 19.7 Å². The molecule has 1 N–H and O–H groups in total. The predicted octanol–water partition coefficient (Wildman–Crippen LogP) is 3.75. The fourth-order valence-electron chi connectivity index (χ4n) is 2.51. The Morgan fingerprint density at radius 2 is 2.26 bits per heavy atom. The summed E-state index contributed by atoms with van der Waals surface area (Å²) in [4.78, 5) is 15.5. The molecule has 3 rings (SSSR count). The number of carbonyl (C=O) groups is 1. The highest BCUT2D eigenvalue weighted by molar-refractivity contribution is 7.10. The molecule has 5 nitrogen and oxygen atoms in total. The smallest absolute Gasteiger partial charge is 0.322 e. The first-order valence-electron chi connectivity index (χ1n) is 7.61. The van der Waals surface area contributed by atoms with E-state index >= 15 is 0 Å². The van der Waals surface area contributed by atoms with Gasteiger partial charge in [0.2, 0.25) is 0 Å². The quantitative estimate of drug-likeness (QED) is 0.820. The van der Waals surface area contributed by atoms with E-state index < -0.39 is 0 Å². The molecule has 23 heavy (non-hydrogen) atoms. The summed E-state index contributed by atoms with van der Waals surface area (Å²) in [5.41, 5.74) is 0.738. The van der Waals surface area contributed by atoms with Crippen LogP contribution in [0.2, 0.25) is 0 Å². The average Bonchev–Trinajstić information content (AvgIpc) is 3.00. The van der Waals surface area contributed by atoms with E-state index in [1.165, 1.54) is 4.88 Å². The molecule has 1 aliphatic rings. The van der Waals surface area contributed by atoms with Crippen LogP contribution in [0.25, 0.3) is 0 Å². The first kappa shape index (κ1) is 15.8. The maximum atomic E-state index is 12.4. The van der Waals surface area contributed by atoms with Crippen LogP contribution in [0, 0.1) is 0 Å². The number of thiophene rings is 1. The summed E-state index contributed by atoms with van der Waals surface area (Å²) in [6.45, 7) is 1.81. The number of rotatable bonds is 6. The highest BCUT2D eigenvalue weighted by Crippen LogP contribution is 2.36. The summed E-state index contributed by atoms with van der Waals surface area (Å²) in [7, 11) is 1.64. The van der Waals surface area contributed by atoms with Gasteiger partial charge in [0.15, 0.2) is 0 Å². The number of ether oxygens (including phenoxy) is 2. The average molecular weight is 332 g/mol. The van der Waals surface area contributed by atoms with E-state index in [1.54, 1.807) is 18.4 Å². The Labute approximate surface area is 139 Å². The van der Waals surface area contributed by atoms with Crippen molar-refractivity contribution >= 4 is 23.1 Å². The Balaban J connectivity index is 1.58. The number of nitrogens with one attached hydrogen (secondary N) is 1. The number of carbonyl (C=O) groups excluding carboxylic acids is 1. The van der Waals surface area contributed by atoms with Crippen LogP contribution in [0.15, 0.2) is 41.8 Å². The zero-order chi connectivity index (χ0) is 16.1. The van der Waals surface area contributed by atoms with E-state index in [4.69, 9.17) is 9.47 Å². The van der Waals surface area contributed by atoms with E-state index in [1.807, 2.05) is 40.6 Å². The zero-order valence-corrected chi connectivity index (χ0v) is 13.8. The van der Waals surface area contributed by atoms with Crippen LogP contribution >= 0.6 is 11.3 Å². The van der Waals surface area contributed by atoms with Gasteiger partial charge in [0.05, 0.1) is 12.6 Å². The molecule has 0 bridgehead atoms. The van der Waals surface area contributed by atoms with Crippen LogP contribution in [0.3, 0.4) is 0 Å². The topological polar surface area (TPSA) is 50.8 Å². The van der Waals surface area contributed by atoms with E-state index in [0.29, 0.717) is 13.2 Å². The highest BCUT2D eigenvalue weighted by atomic mass is 32.1. The minimum Gasteiger partial charge on any atom is -0.491 e. The van der Waals surface area contributed by atoms with Crippen molar-refractivity contribution in [2.24, 2.45) is 0 Å². The summed E-state index contributed by atoms with van der Waals surface area (Å²) in [5.74, 6) is 0.721. The maximum Gasteiger partial charge on any atom is 0.322 e. The lowest BCUT2D eigenvalue weighted by atomic mass is 10.0. The number of nitrogens with zero attached hydrogens (tertiary/aromatic N) is 1. The molecule has 1 aromatic heterocycles. The number of hydrogen-bond acceptors (Lipinski definition) is 4. The number of amides is 2. The SMILES string of the molecule is COCCOc1cccc(NC(=O)N2CC[C@@H]2c2cccs2)c1. The first-order chi connectivity index (χ1) is 11.3. The summed E-state index contributed by atoms with van der Waals surface area (Å²) in [6, 6.07) is 11.7. The van der Waals surface area contributed by atoms with Crippen molar-refractivity contribution in [3.05, 3.63) is 46.7 Å². The van der Waals surface area contributed by atoms with Gasteiger partial charge in [-0.1, -0.05) is 12.1 Å². The number of methoxy groups -OCH3 is 1. The molecule has 1 fully saturated rings. The van der Waals surface area contributed by atoms with Crippen molar-refractivity contribution in [2.75, 3.05) is 32.2 Å². The van der Waals surface area contributed by atoms with Crippen molar-refractivity contribution in [3.63, 3.8) is 0 Å². The van der Waals surface area contributed by atoms with Crippen molar-refractivity contribution in [3.8, 4) is 5.75 Å². The Morgan fingerprint density at radius 3 is 2.96 bits per heavy atom. The van der Waals surface area contributed by atoms with E-state index in [-0.39, 0.29) is 12.1 Å². The summed E-state index contributed by atoms with van der Waals surface area (Å²) >= 11 is 1.69. The molecule has 122 valence electrons. The zero-order valence-electron chi connectivity index (χ0n) is 13.0. The van der Waals surface area contributed by atoms with Gasteiger partial charge in [0.25, 0.3) is 0 Å². The molecule has 2 heterocycles. The largest absolute Gasteiger partial charge is 0.491 e. The van der Waals surface area contributed by atoms with Crippen LogP contribution in [-0.4, -0.2) is 37.8 Å². The number of anilines is 1. The predicted molar refractivity (Wildman–Crippen MR) is 91.2 cm³/mol. The molecular formula is C17H20N2O3S. The second-order valence-electron chi connectivity index (χ2n) is 5.31. The Hall–Kier alpha value is -2.05. The lowest BCUT2D eigenvalue weighted by molar-refractivity contribution is 0.128. The second kappa shape index (κ2) is 7.48. The molecule has 1 atom stereocenters. The van der Waals surface area contributed by atoms with E-state index in [9.17, 15) is 4.79 Å². The van der Waals surface area contributed by atoms with Gasteiger partial charge in [0.1, 0.15) is 12.4 Å². The number of urea groups is 1. The third-order valence-corrected chi connectivity index (χ3v) is 4.77. The Bertz CT molecular complexity index is 645. The molecule has 2 aromatic rings. The molecule has 0 saturated carbocycles. The lowest BCUT2D eigenvalue weighted by Gasteiger charge is -2.40. The van der Waals surface area contributed by atoms with Crippen LogP contribution < -0.4 is 10.1 Å². The fourth-order valence-corrected chi connectivity index (χ4v) is 3.38. The van der Waals surface area contributed by atoms with Crippen LogP contribution in [0.1, 0.15) is 17.3 Å². The van der Waals surface area contributed by atoms with Gasteiger partial charge in [-0.05, 0) is 30.0 Å². The van der Waals surface area contributed by atoms with E-state index in [2.05, 4.69) is 11.4 Å². The van der Waals surface area contributed by atoms with Crippen molar-refractivity contribution in [1.29, 1.82) is 0 Å². The molecule has 0 unspecified atom stereocenters. The first-order valence-corrected chi connectivity index (χ1v) is 8.48. The summed E-state index contributed by atoms with van der Waals surface area (Å²) < 4.78 is 10.5. The normalized spacial score (nSPS) is 16.7. The third kappa shape index (κ3) is 3.83. The van der Waals surface area contributed by atoms with Gasteiger partial charge in [-0.15, -0.1) is 11.3 Å². The van der Waals surface area contributed by atoms with Gasteiger partial charge in [0, 0.05) is 30.3 Å². The number of hydrogen-bond donors (Lipinski definition) is 1. The standard InChI is InChI=1S/C17H20N2O3S/c1-21-9-10-22-14-5-2-4-13(12-14)18-17(20)19-8-7-15(19)16-6-3-11-23-16/h2-6,11-12,15H,7-10H2,1H3,(H,18,20)/t15-/m1/s1. The molecule has 1 aromatic carbocycles. The highest BCUT2D eigenvalue weighted by Gasteiger charge is 2.33. The van der Waals surface area contributed by atoms with Crippen molar-refractivity contribution in [2.45, 2.75) is 12.5 Å². The van der Waals surface area contributed by atoms with E-state index in [0.717, 1.165) is 24.4 Å².